The molecule has 108 valence electrons. The zero-order valence-corrected chi connectivity index (χ0v) is 13.5. The Kier molecular flexibility index (Phi) is 4.08. The Morgan fingerprint density at radius 3 is 2.90 bits per heavy atom. The Bertz CT molecular complexity index is 697. The Morgan fingerprint density at radius 1 is 1.19 bits per heavy atom. The van der Waals surface area contributed by atoms with E-state index in [9.17, 15) is 4.79 Å². The Balaban J connectivity index is 1.83. The topological polar surface area (TPSA) is 41.1 Å². The minimum Gasteiger partial charge on any atom is -0.321 e. The number of hydrogen-bond donors (Lipinski definition) is 2. The highest BCUT2D eigenvalue weighted by atomic mass is 79.9. The quantitative estimate of drug-likeness (QED) is 0.872. The number of benzene rings is 2. The van der Waals surface area contributed by atoms with Crippen LogP contribution in [-0.2, 0) is 13.0 Å². The number of halogens is 1. The van der Waals surface area contributed by atoms with Crippen molar-refractivity contribution >= 4 is 27.5 Å². The third-order valence-electron chi connectivity index (χ3n) is 3.73. The van der Waals surface area contributed by atoms with Crippen LogP contribution in [0, 0.1) is 6.92 Å². The van der Waals surface area contributed by atoms with Gasteiger partial charge in [0.1, 0.15) is 0 Å². The van der Waals surface area contributed by atoms with E-state index in [1.54, 1.807) is 0 Å². The van der Waals surface area contributed by atoms with Crippen LogP contribution in [0.2, 0.25) is 0 Å². The molecule has 0 radical (unpaired) electrons. The van der Waals surface area contributed by atoms with Crippen molar-refractivity contribution in [1.82, 2.24) is 5.32 Å². The molecule has 0 aromatic heterocycles. The molecule has 3 rings (SSSR count). The van der Waals surface area contributed by atoms with Crippen LogP contribution in [0.5, 0.6) is 0 Å². The molecule has 2 aromatic rings. The minimum atomic E-state index is -0.0744. The van der Waals surface area contributed by atoms with Crippen molar-refractivity contribution in [3.63, 3.8) is 0 Å². The fraction of sp³-hybridized carbons (Fsp3) is 0.235. The van der Waals surface area contributed by atoms with Crippen molar-refractivity contribution in [3.8, 4) is 0 Å². The smallest absolute Gasteiger partial charge is 0.255 e. The highest BCUT2D eigenvalue weighted by Crippen LogP contribution is 2.24. The van der Waals surface area contributed by atoms with E-state index in [4.69, 9.17) is 0 Å². The number of nitrogens with one attached hydrogen (secondary N) is 2. The maximum Gasteiger partial charge on any atom is 0.255 e. The molecule has 4 heteroatoms. The lowest BCUT2D eigenvalue weighted by Crippen LogP contribution is -2.24. The van der Waals surface area contributed by atoms with Gasteiger partial charge in [0.2, 0.25) is 0 Å². The summed E-state index contributed by atoms with van der Waals surface area (Å²) < 4.78 is 0.890. The summed E-state index contributed by atoms with van der Waals surface area (Å²) in [7, 11) is 0. The van der Waals surface area contributed by atoms with E-state index in [0.29, 0.717) is 5.56 Å². The molecule has 0 aliphatic carbocycles. The molecule has 21 heavy (non-hydrogen) atoms. The van der Waals surface area contributed by atoms with Crippen molar-refractivity contribution in [2.24, 2.45) is 0 Å². The number of aryl methyl sites for hydroxylation is 1. The molecule has 0 spiro atoms. The van der Waals surface area contributed by atoms with Gasteiger partial charge in [-0.05, 0) is 76.8 Å². The third kappa shape index (κ3) is 3.17. The second-order valence-electron chi connectivity index (χ2n) is 5.35. The molecule has 3 nitrogen and oxygen atoms in total. The van der Waals surface area contributed by atoms with Gasteiger partial charge in [0.05, 0.1) is 5.69 Å². The van der Waals surface area contributed by atoms with Crippen LogP contribution in [0.3, 0.4) is 0 Å². The first kappa shape index (κ1) is 14.3. The van der Waals surface area contributed by atoms with Crippen molar-refractivity contribution in [2.45, 2.75) is 19.9 Å². The molecule has 1 heterocycles. The predicted molar refractivity (Wildman–Crippen MR) is 88.7 cm³/mol. The van der Waals surface area contributed by atoms with Gasteiger partial charge >= 0.3 is 0 Å². The van der Waals surface area contributed by atoms with Crippen LogP contribution < -0.4 is 10.6 Å². The summed E-state index contributed by atoms with van der Waals surface area (Å²) in [5, 5.41) is 6.30. The third-order valence-corrected chi connectivity index (χ3v) is 4.42. The average Bonchev–Trinajstić information content (AvgIpc) is 2.50. The second kappa shape index (κ2) is 6.00. The molecule has 1 aliphatic heterocycles. The SMILES string of the molecule is Cc1ccc(Br)c(NC(=O)c2ccc3c(c2)CNCC3)c1. The van der Waals surface area contributed by atoms with E-state index in [1.807, 2.05) is 37.3 Å². The lowest BCUT2D eigenvalue weighted by molar-refractivity contribution is 0.102. The van der Waals surface area contributed by atoms with Gasteiger partial charge in [-0.3, -0.25) is 4.79 Å². The molecule has 0 saturated heterocycles. The first-order chi connectivity index (χ1) is 10.1. The van der Waals surface area contributed by atoms with Gasteiger partial charge in [-0.15, -0.1) is 0 Å². The monoisotopic (exact) mass is 344 g/mol. The number of carbonyl (C=O) groups is 1. The van der Waals surface area contributed by atoms with Crippen LogP contribution in [0.1, 0.15) is 27.0 Å². The van der Waals surface area contributed by atoms with Gasteiger partial charge in [-0.25, -0.2) is 0 Å². The normalized spacial score (nSPS) is 13.6. The minimum absolute atomic E-state index is 0.0744. The van der Waals surface area contributed by atoms with Gasteiger partial charge in [0.25, 0.3) is 5.91 Å². The lowest BCUT2D eigenvalue weighted by atomic mass is 9.98. The van der Waals surface area contributed by atoms with Crippen LogP contribution in [0.15, 0.2) is 40.9 Å². The Hall–Kier alpha value is -1.65. The van der Waals surface area contributed by atoms with Crippen LogP contribution >= 0.6 is 15.9 Å². The first-order valence-electron chi connectivity index (χ1n) is 7.03. The number of fused-ring (bicyclic) bond motifs is 1. The fourth-order valence-electron chi connectivity index (χ4n) is 2.55. The van der Waals surface area contributed by atoms with Gasteiger partial charge in [-0.1, -0.05) is 12.1 Å². The molecule has 0 fully saturated rings. The largest absolute Gasteiger partial charge is 0.321 e. The predicted octanol–water partition coefficient (Wildman–Crippen LogP) is 3.66. The van der Waals surface area contributed by atoms with Crippen molar-refractivity contribution in [1.29, 1.82) is 0 Å². The second-order valence-corrected chi connectivity index (χ2v) is 6.20. The van der Waals surface area contributed by atoms with E-state index in [2.05, 4.69) is 32.6 Å². The summed E-state index contributed by atoms with van der Waals surface area (Å²) in [5.74, 6) is -0.0744. The van der Waals surface area contributed by atoms with Crippen molar-refractivity contribution in [2.75, 3.05) is 11.9 Å². The maximum atomic E-state index is 12.4. The van der Waals surface area contributed by atoms with Crippen molar-refractivity contribution in [3.05, 3.63) is 63.1 Å². The molecule has 0 saturated carbocycles. The van der Waals surface area contributed by atoms with E-state index in [0.717, 1.165) is 35.2 Å². The van der Waals surface area contributed by atoms with Crippen LogP contribution in [-0.4, -0.2) is 12.5 Å². The summed E-state index contributed by atoms with van der Waals surface area (Å²) in [4.78, 5) is 12.4. The van der Waals surface area contributed by atoms with Gasteiger partial charge < -0.3 is 10.6 Å². The zero-order chi connectivity index (χ0) is 14.8. The van der Waals surface area contributed by atoms with Crippen LogP contribution in [0.25, 0.3) is 0 Å². The summed E-state index contributed by atoms with van der Waals surface area (Å²) in [6.07, 6.45) is 1.03. The molecule has 0 atom stereocenters. The number of anilines is 1. The molecular weight excluding hydrogens is 328 g/mol. The maximum absolute atomic E-state index is 12.4. The Morgan fingerprint density at radius 2 is 2.05 bits per heavy atom. The Labute approximate surface area is 132 Å². The van der Waals surface area contributed by atoms with E-state index in [1.165, 1.54) is 11.1 Å². The standard InChI is InChI=1S/C17H17BrN2O/c1-11-2-5-15(18)16(8-11)20-17(21)13-4-3-12-6-7-19-10-14(12)9-13/h2-5,8-9,19H,6-7,10H2,1H3,(H,20,21). The lowest BCUT2D eigenvalue weighted by Gasteiger charge is -2.18. The van der Waals surface area contributed by atoms with Crippen LogP contribution in [0.4, 0.5) is 5.69 Å². The molecule has 2 N–H and O–H groups in total. The summed E-state index contributed by atoms with van der Waals surface area (Å²) >= 11 is 3.47. The summed E-state index contributed by atoms with van der Waals surface area (Å²) in [6, 6.07) is 11.9. The van der Waals surface area contributed by atoms with Crippen molar-refractivity contribution < 1.29 is 4.79 Å². The summed E-state index contributed by atoms with van der Waals surface area (Å²) in [6.45, 7) is 3.85. The van der Waals surface area contributed by atoms with E-state index < -0.39 is 0 Å². The first-order valence-corrected chi connectivity index (χ1v) is 7.83. The average molecular weight is 345 g/mol. The molecule has 1 amide bonds. The van der Waals surface area contributed by atoms with E-state index >= 15 is 0 Å². The number of carbonyl (C=O) groups excluding carboxylic acids is 1. The molecule has 2 aromatic carbocycles. The highest BCUT2D eigenvalue weighted by Gasteiger charge is 2.13. The van der Waals surface area contributed by atoms with Gasteiger partial charge in [0.15, 0.2) is 0 Å². The highest BCUT2D eigenvalue weighted by molar-refractivity contribution is 9.10. The number of hydrogen-bond acceptors (Lipinski definition) is 2. The molecular formula is C17H17BrN2O. The molecule has 1 aliphatic rings. The summed E-state index contributed by atoms with van der Waals surface area (Å²) in [5.41, 5.74) is 5.17. The van der Waals surface area contributed by atoms with Gasteiger partial charge in [-0.2, -0.15) is 0 Å². The number of rotatable bonds is 2. The zero-order valence-electron chi connectivity index (χ0n) is 11.9. The molecule has 0 bridgehead atoms. The van der Waals surface area contributed by atoms with E-state index in [-0.39, 0.29) is 5.91 Å². The van der Waals surface area contributed by atoms with Gasteiger partial charge in [0, 0.05) is 16.6 Å². The molecule has 0 unspecified atom stereocenters. The number of amides is 1. The fourth-order valence-corrected chi connectivity index (χ4v) is 2.90.